The number of aromatic amines is 2. The molecule has 0 amide bonds. The average molecular weight is 448 g/mol. The molecule has 166 valence electrons. The third-order valence-corrected chi connectivity index (χ3v) is 5.72. The van der Waals surface area contributed by atoms with Crippen LogP contribution < -0.4 is 11.4 Å². The Balaban J connectivity index is 1.37. The first-order valence-electron chi connectivity index (χ1n) is 10.7. The molecule has 5 N–H and O–H groups in total. The molecule has 0 aliphatic rings. The van der Waals surface area contributed by atoms with Gasteiger partial charge in [-0.25, -0.2) is 19.9 Å². The molecule has 2 aromatic carbocycles. The molecule has 0 saturated heterocycles. The minimum absolute atomic E-state index is 0.0630. The number of nitrogens with one attached hydrogen (secondary N) is 3. The highest BCUT2D eigenvalue weighted by Crippen LogP contribution is 2.24. The molecule has 6 aromatic rings. The number of nitrogen functional groups attached to an aromatic ring is 1. The van der Waals surface area contributed by atoms with Crippen molar-refractivity contribution in [2.75, 3.05) is 5.73 Å². The van der Waals surface area contributed by atoms with E-state index in [9.17, 15) is 0 Å². The summed E-state index contributed by atoms with van der Waals surface area (Å²) in [6, 6.07) is 17.8. The lowest BCUT2D eigenvalue weighted by atomic mass is 10.0. The van der Waals surface area contributed by atoms with E-state index < -0.39 is 0 Å². The Hall–Kier alpha value is -4.86. The molecule has 6 rings (SSSR count). The Labute approximate surface area is 193 Å². The number of imidazole rings is 2. The molecule has 0 aliphatic heterocycles. The number of rotatable bonds is 5. The van der Waals surface area contributed by atoms with Crippen molar-refractivity contribution in [1.82, 2.24) is 39.5 Å². The van der Waals surface area contributed by atoms with Crippen LogP contribution in [0.1, 0.15) is 17.0 Å². The van der Waals surface area contributed by atoms with Crippen molar-refractivity contribution in [2.24, 2.45) is 0 Å². The summed E-state index contributed by atoms with van der Waals surface area (Å²) in [7, 11) is 0. The highest BCUT2D eigenvalue weighted by molar-refractivity contribution is 5.81. The lowest BCUT2D eigenvalue weighted by Crippen LogP contribution is -2.26. The molecule has 0 unspecified atom stereocenters. The van der Waals surface area contributed by atoms with Gasteiger partial charge in [-0.3, -0.25) is 9.98 Å². The summed E-state index contributed by atoms with van der Waals surface area (Å²) < 4.78 is 1.67. The number of anilines is 1. The average Bonchev–Trinajstić information content (AvgIpc) is 3.49. The van der Waals surface area contributed by atoms with Crippen LogP contribution in [0, 0.1) is 5.41 Å². The van der Waals surface area contributed by atoms with E-state index in [1.165, 1.54) is 0 Å². The number of benzene rings is 2. The second kappa shape index (κ2) is 7.93. The van der Waals surface area contributed by atoms with Crippen molar-refractivity contribution in [1.29, 1.82) is 5.41 Å². The lowest BCUT2D eigenvalue weighted by Gasteiger charge is -2.10. The van der Waals surface area contributed by atoms with E-state index in [1.807, 2.05) is 54.6 Å². The SMILES string of the molecule is N=c1nc2nc(Cc3ccccc3-c3ncc4[nH]cnc4n3)[nH]c2c(N)n1Cc1ccccc1. The third-order valence-electron chi connectivity index (χ3n) is 5.72. The summed E-state index contributed by atoms with van der Waals surface area (Å²) >= 11 is 0. The zero-order valence-electron chi connectivity index (χ0n) is 18.0. The van der Waals surface area contributed by atoms with E-state index >= 15 is 0 Å². The predicted octanol–water partition coefficient (Wildman–Crippen LogP) is 2.79. The lowest BCUT2D eigenvalue weighted by molar-refractivity contribution is 0.714. The smallest absolute Gasteiger partial charge is 0.225 e. The quantitative estimate of drug-likeness (QED) is 0.318. The van der Waals surface area contributed by atoms with Crippen molar-refractivity contribution in [3.8, 4) is 11.4 Å². The van der Waals surface area contributed by atoms with Crippen LogP contribution in [0.25, 0.3) is 33.7 Å². The zero-order chi connectivity index (χ0) is 23.1. The van der Waals surface area contributed by atoms with E-state index in [4.69, 9.17) is 11.1 Å². The van der Waals surface area contributed by atoms with Crippen LogP contribution in [0.3, 0.4) is 0 Å². The molecule has 4 aromatic heterocycles. The van der Waals surface area contributed by atoms with Gasteiger partial charge in [0.05, 0.1) is 19.1 Å². The summed E-state index contributed by atoms with van der Waals surface area (Å²) in [5, 5.41) is 8.37. The van der Waals surface area contributed by atoms with Gasteiger partial charge in [-0.15, -0.1) is 0 Å². The van der Waals surface area contributed by atoms with E-state index in [2.05, 4.69) is 34.9 Å². The Bertz CT molecular complexity index is 1690. The molecule has 0 radical (unpaired) electrons. The minimum atomic E-state index is 0.0630. The molecule has 10 heteroatoms. The fraction of sp³-hybridized carbons (Fsp3) is 0.0833. The first-order chi connectivity index (χ1) is 16.7. The van der Waals surface area contributed by atoms with Crippen LogP contribution in [0.15, 0.2) is 67.1 Å². The maximum atomic E-state index is 8.37. The Morgan fingerprint density at radius 2 is 1.74 bits per heavy atom. The van der Waals surface area contributed by atoms with Crippen molar-refractivity contribution in [2.45, 2.75) is 13.0 Å². The van der Waals surface area contributed by atoms with Crippen LogP contribution in [-0.4, -0.2) is 39.5 Å². The summed E-state index contributed by atoms with van der Waals surface area (Å²) in [5.74, 6) is 1.72. The molecule has 0 spiro atoms. The number of hydrogen-bond acceptors (Lipinski definition) is 7. The van der Waals surface area contributed by atoms with Crippen molar-refractivity contribution in [3.05, 3.63) is 89.7 Å². The van der Waals surface area contributed by atoms with E-state index in [0.29, 0.717) is 47.2 Å². The van der Waals surface area contributed by atoms with Gasteiger partial charge in [-0.1, -0.05) is 54.6 Å². The van der Waals surface area contributed by atoms with Gasteiger partial charge in [0.1, 0.15) is 22.7 Å². The molecular formula is C24H20N10. The van der Waals surface area contributed by atoms with Gasteiger partial charge >= 0.3 is 0 Å². The second-order valence-electron chi connectivity index (χ2n) is 7.94. The molecule has 10 nitrogen and oxygen atoms in total. The first kappa shape index (κ1) is 19.8. The van der Waals surface area contributed by atoms with Gasteiger partial charge in [-0.2, -0.15) is 4.98 Å². The van der Waals surface area contributed by atoms with E-state index in [1.54, 1.807) is 17.1 Å². The number of hydrogen-bond donors (Lipinski definition) is 4. The van der Waals surface area contributed by atoms with Crippen molar-refractivity contribution >= 4 is 28.1 Å². The normalized spacial score (nSPS) is 11.4. The zero-order valence-corrected chi connectivity index (χ0v) is 18.0. The maximum Gasteiger partial charge on any atom is 0.225 e. The highest BCUT2D eigenvalue weighted by atomic mass is 15.2. The molecular weight excluding hydrogens is 428 g/mol. The fourth-order valence-corrected chi connectivity index (χ4v) is 4.03. The highest BCUT2D eigenvalue weighted by Gasteiger charge is 2.15. The fourth-order valence-electron chi connectivity index (χ4n) is 4.03. The standard InChI is InChI=1S/C24H20N10/c25-20-19-23(33-24(26)34(20)12-14-6-2-1-3-7-14)31-18(30-19)10-15-8-4-5-9-16(15)21-27-11-17-22(32-21)29-13-28-17/h1-9,11,13H,10,12,25H2,(H2,26,30,31,33)(H,27,28,29,32). The van der Waals surface area contributed by atoms with Gasteiger partial charge in [-0.05, 0) is 11.1 Å². The van der Waals surface area contributed by atoms with Crippen LogP contribution >= 0.6 is 0 Å². The van der Waals surface area contributed by atoms with Gasteiger partial charge in [0, 0.05) is 12.0 Å². The third kappa shape index (κ3) is 3.47. The van der Waals surface area contributed by atoms with Crippen molar-refractivity contribution < 1.29 is 0 Å². The maximum absolute atomic E-state index is 8.37. The number of aromatic nitrogens is 8. The van der Waals surface area contributed by atoms with Crippen LogP contribution in [-0.2, 0) is 13.0 Å². The number of nitrogens with zero attached hydrogens (tertiary/aromatic N) is 6. The van der Waals surface area contributed by atoms with Crippen LogP contribution in [0.4, 0.5) is 5.82 Å². The summed E-state index contributed by atoms with van der Waals surface area (Å²) in [4.78, 5) is 28.6. The number of nitrogens with two attached hydrogens (primary N) is 1. The molecule has 0 fully saturated rings. The summed E-state index contributed by atoms with van der Waals surface area (Å²) in [6.45, 7) is 0.457. The molecule has 0 aliphatic carbocycles. The summed E-state index contributed by atoms with van der Waals surface area (Å²) in [5.41, 5.74) is 11.9. The largest absolute Gasteiger partial charge is 0.383 e. The summed E-state index contributed by atoms with van der Waals surface area (Å²) in [6.07, 6.45) is 3.83. The van der Waals surface area contributed by atoms with E-state index in [-0.39, 0.29) is 5.62 Å². The molecule has 0 atom stereocenters. The van der Waals surface area contributed by atoms with Gasteiger partial charge in [0.2, 0.25) is 5.62 Å². The molecule has 4 heterocycles. The van der Waals surface area contributed by atoms with Crippen LogP contribution in [0.2, 0.25) is 0 Å². The van der Waals surface area contributed by atoms with Crippen LogP contribution in [0.5, 0.6) is 0 Å². The minimum Gasteiger partial charge on any atom is -0.383 e. The van der Waals surface area contributed by atoms with Crippen molar-refractivity contribution in [3.63, 3.8) is 0 Å². The Morgan fingerprint density at radius 3 is 2.62 bits per heavy atom. The van der Waals surface area contributed by atoms with Gasteiger partial charge < -0.3 is 15.7 Å². The Kier molecular flexibility index (Phi) is 4.61. The monoisotopic (exact) mass is 448 g/mol. The second-order valence-corrected chi connectivity index (χ2v) is 7.94. The van der Waals surface area contributed by atoms with Gasteiger partial charge in [0.25, 0.3) is 0 Å². The molecule has 34 heavy (non-hydrogen) atoms. The molecule has 0 bridgehead atoms. The number of fused-ring (bicyclic) bond motifs is 2. The Morgan fingerprint density at radius 1 is 0.912 bits per heavy atom. The topological polar surface area (TPSA) is 151 Å². The molecule has 0 saturated carbocycles. The van der Waals surface area contributed by atoms with E-state index in [0.717, 1.165) is 22.2 Å². The first-order valence-corrected chi connectivity index (χ1v) is 10.7. The predicted molar refractivity (Wildman–Crippen MR) is 128 cm³/mol. The number of H-pyrrole nitrogens is 2. The van der Waals surface area contributed by atoms with Gasteiger partial charge in [0.15, 0.2) is 17.1 Å².